The highest BCUT2D eigenvalue weighted by atomic mass is 35.5. The fourth-order valence-corrected chi connectivity index (χ4v) is 2.05. The van der Waals surface area contributed by atoms with Crippen LogP contribution in [-0.2, 0) is 4.74 Å². The molecule has 1 atom stereocenters. The molecule has 1 aromatic carbocycles. The number of non-ortho nitro benzene ring substituents is 1. The number of nitrogens with zero attached hydrogens (tertiary/aromatic N) is 1. The first-order valence-electron chi connectivity index (χ1n) is 7.69. The van der Waals surface area contributed by atoms with Crippen LogP contribution in [0.3, 0.4) is 0 Å². The van der Waals surface area contributed by atoms with Gasteiger partial charge in [0.25, 0.3) is 5.69 Å². The van der Waals surface area contributed by atoms with Crippen molar-refractivity contribution in [3.05, 3.63) is 39.9 Å². The largest absolute Gasteiger partial charge is 0.461 e. The minimum absolute atomic E-state index is 0. The van der Waals surface area contributed by atoms with Gasteiger partial charge in [-0.2, -0.15) is 0 Å². The maximum atomic E-state index is 11.8. The van der Waals surface area contributed by atoms with Crippen molar-refractivity contribution in [2.75, 3.05) is 13.2 Å². The molecule has 0 aromatic heterocycles. The zero-order chi connectivity index (χ0) is 16.4. The summed E-state index contributed by atoms with van der Waals surface area (Å²) in [6.45, 7) is 5.18. The Bertz CT molecular complexity index is 479. The Balaban J connectivity index is 0.00000484. The highest BCUT2D eigenvalue weighted by molar-refractivity contribution is 5.89. The second kappa shape index (κ2) is 11.8. The van der Waals surface area contributed by atoms with Crippen molar-refractivity contribution in [2.45, 2.75) is 45.6 Å². The molecule has 0 amide bonds. The Hall–Kier alpha value is -1.66. The summed E-state index contributed by atoms with van der Waals surface area (Å²) >= 11 is 0. The van der Waals surface area contributed by atoms with Gasteiger partial charge in [0.2, 0.25) is 0 Å². The van der Waals surface area contributed by atoms with E-state index in [9.17, 15) is 14.9 Å². The third-order valence-electron chi connectivity index (χ3n) is 3.38. The molecule has 1 N–H and O–H groups in total. The van der Waals surface area contributed by atoms with Gasteiger partial charge in [-0.15, -0.1) is 12.4 Å². The smallest absolute Gasteiger partial charge is 0.338 e. The van der Waals surface area contributed by atoms with Crippen LogP contribution in [0.4, 0.5) is 5.69 Å². The number of benzene rings is 1. The monoisotopic (exact) mass is 344 g/mol. The lowest BCUT2D eigenvalue weighted by Crippen LogP contribution is -2.30. The lowest BCUT2D eigenvalue weighted by molar-refractivity contribution is -0.384. The van der Waals surface area contributed by atoms with Crippen LogP contribution in [-0.4, -0.2) is 30.1 Å². The number of hydrogen-bond donors (Lipinski definition) is 1. The van der Waals surface area contributed by atoms with Crippen molar-refractivity contribution in [1.82, 2.24) is 5.32 Å². The molecule has 23 heavy (non-hydrogen) atoms. The van der Waals surface area contributed by atoms with Crippen LogP contribution in [0.25, 0.3) is 0 Å². The summed E-state index contributed by atoms with van der Waals surface area (Å²) in [4.78, 5) is 21.8. The Labute approximate surface area is 143 Å². The molecule has 6 nitrogen and oxygen atoms in total. The summed E-state index contributed by atoms with van der Waals surface area (Å²) < 4.78 is 5.13. The second-order valence-electron chi connectivity index (χ2n) is 5.29. The van der Waals surface area contributed by atoms with Gasteiger partial charge in [0, 0.05) is 24.7 Å². The highest BCUT2D eigenvalue weighted by Crippen LogP contribution is 2.12. The van der Waals surface area contributed by atoms with Crippen LogP contribution >= 0.6 is 12.4 Å². The van der Waals surface area contributed by atoms with E-state index in [-0.39, 0.29) is 24.7 Å². The Kier molecular flexibility index (Phi) is 11.0. The number of unbranched alkanes of at least 4 members (excludes halogenated alkanes) is 2. The summed E-state index contributed by atoms with van der Waals surface area (Å²) in [5, 5.41) is 13.8. The van der Waals surface area contributed by atoms with Gasteiger partial charge in [-0.05, 0) is 25.5 Å². The molecule has 0 radical (unpaired) electrons. The van der Waals surface area contributed by atoms with Crippen LogP contribution < -0.4 is 5.32 Å². The fraction of sp³-hybridized carbons (Fsp3) is 0.562. The van der Waals surface area contributed by atoms with Gasteiger partial charge in [-0.3, -0.25) is 10.1 Å². The van der Waals surface area contributed by atoms with Gasteiger partial charge in [-0.25, -0.2) is 4.79 Å². The second-order valence-corrected chi connectivity index (χ2v) is 5.29. The van der Waals surface area contributed by atoms with Gasteiger partial charge in [0.05, 0.1) is 10.5 Å². The van der Waals surface area contributed by atoms with Gasteiger partial charge in [0.1, 0.15) is 6.61 Å². The van der Waals surface area contributed by atoms with Crippen LogP contribution in [0.15, 0.2) is 24.3 Å². The maximum absolute atomic E-state index is 11.8. The molecule has 7 heteroatoms. The summed E-state index contributed by atoms with van der Waals surface area (Å²) in [5.74, 6) is -0.463. The molecule has 0 saturated heterocycles. The van der Waals surface area contributed by atoms with Crippen LogP contribution in [0.2, 0.25) is 0 Å². The molecule has 0 spiro atoms. The quantitative estimate of drug-likeness (QED) is 0.302. The summed E-state index contributed by atoms with van der Waals surface area (Å²) in [5.41, 5.74) is 0.278. The van der Waals surface area contributed by atoms with Crippen LogP contribution in [0.5, 0.6) is 0 Å². The molecule has 130 valence electrons. The van der Waals surface area contributed by atoms with E-state index in [0.29, 0.717) is 18.2 Å². The Morgan fingerprint density at radius 1 is 1.30 bits per heavy atom. The van der Waals surface area contributed by atoms with Crippen molar-refractivity contribution < 1.29 is 14.5 Å². The molecule has 0 aliphatic rings. The first-order valence-corrected chi connectivity index (χ1v) is 7.69. The third kappa shape index (κ3) is 8.52. The van der Waals surface area contributed by atoms with Gasteiger partial charge < -0.3 is 10.1 Å². The number of nitrogens with one attached hydrogen (secondary N) is 1. The van der Waals surface area contributed by atoms with Gasteiger partial charge in [0.15, 0.2) is 0 Å². The molecular formula is C16H25ClN2O4. The number of halogens is 1. The topological polar surface area (TPSA) is 81.5 Å². The predicted molar refractivity (Wildman–Crippen MR) is 92.2 cm³/mol. The zero-order valence-electron chi connectivity index (χ0n) is 13.6. The normalized spacial score (nSPS) is 11.4. The summed E-state index contributed by atoms with van der Waals surface area (Å²) in [6, 6.07) is 5.81. The van der Waals surface area contributed by atoms with Crippen LogP contribution in [0.1, 0.15) is 49.9 Å². The van der Waals surface area contributed by atoms with E-state index in [1.165, 1.54) is 43.5 Å². The number of rotatable bonds is 10. The summed E-state index contributed by atoms with van der Waals surface area (Å²) in [7, 11) is 0. The van der Waals surface area contributed by atoms with Crippen molar-refractivity contribution in [3.8, 4) is 0 Å². The SMILES string of the molecule is CCCCCC(C)NCCOC(=O)c1ccc([N+](=O)[O-])cc1.Cl. The standard InChI is InChI=1S/C16H24N2O4.ClH/c1-3-4-5-6-13(2)17-11-12-22-16(19)14-7-9-15(10-8-14)18(20)21;/h7-10,13,17H,3-6,11-12H2,1-2H3;1H. The first kappa shape index (κ1) is 21.3. The van der Waals surface area contributed by atoms with E-state index >= 15 is 0 Å². The summed E-state index contributed by atoms with van der Waals surface area (Å²) in [6.07, 6.45) is 4.76. The predicted octanol–water partition coefficient (Wildman–Crippen LogP) is 3.73. The lowest BCUT2D eigenvalue weighted by atomic mass is 10.1. The van der Waals surface area contributed by atoms with E-state index in [1.54, 1.807) is 0 Å². The van der Waals surface area contributed by atoms with E-state index in [1.807, 2.05) is 0 Å². The number of carbonyl (C=O) groups is 1. The minimum atomic E-state index is -0.501. The zero-order valence-corrected chi connectivity index (χ0v) is 14.4. The van der Waals surface area contributed by atoms with E-state index in [0.717, 1.165) is 6.42 Å². The fourth-order valence-electron chi connectivity index (χ4n) is 2.05. The maximum Gasteiger partial charge on any atom is 0.338 e. The molecule has 0 fully saturated rings. The van der Waals surface area contributed by atoms with Crippen molar-refractivity contribution in [3.63, 3.8) is 0 Å². The Morgan fingerprint density at radius 2 is 1.96 bits per heavy atom. The highest BCUT2D eigenvalue weighted by Gasteiger charge is 2.10. The minimum Gasteiger partial charge on any atom is -0.461 e. The van der Waals surface area contributed by atoms with Gasteiger partial charge >= 0.3 is 5.97 Å². The molecule has 0 aliphatic heterocycles. The molecule has 0 aliphatic carbocycles. The molecule has 0 bridgehead atoms. The molecule has 1 aromatic rings. The average molecular weight is 345 g/mol. The van der Waals surface area contributed by atoms with E-state index in [4.69, 9.17) is 4.74 Å². The number of hydrogen-bond acceptors (Lipinski definition) is 5. The molecule has 1 rings (SSSR count). The molecule has 0 saturated carbocycles. The first-order chi connectivity index (χ1) is 10.5. The molecule has 0 heterocycles. The average Bonchev–Trinajstić information content (AvgIpc) is 2.51. The van der Waals surface area contributed by atoms with Crippen molar-refractivity contribution in [2.24, 2.45) is 0 Å². The Morgan fingerprint density at radius 3 is 2.52 bits per heavy atom. The number of nitro benzene ring substituents is 1. The third-order valence-corrected chi connectivity index (χ3v) is 3.38. The van der Waals surface area contributed by atoms with E-state index < -0.39 is 10.9 Å². The van der Waals surface area contributed by atoms with Crippen molar-refractivity contribution >= 4 is 24.1 Å². The van der Waals surface area contributed by atoms with Gasteiger partial charge in [-0.1, -0.05) is 26.2 Å². The number of nitro groups is 1. The number of esters is 1. The lowest BCUT2D eigenvalue weighted by Gasteiger charge is -2.13. The molecular weight excluding hydrogens is 320 g/mol. The van der Waals surface area contributed by atoms with E-state index in [2.05, 4.69) is 19.2 Å². The number of ether oxygens (including phenoxy) is 1. The van der Waals surface area contributed by atoms with Crippen molar-refractivity contribution in [1.29, 1.82) is 0 Å². The van der Waals surface area contributed by atoms with Crippen LogP contribution in [0, 0.1) is 10.1 Å². The number of carbonyl (C=O) groups excluding carboxylic acids is 1. The molecule has 1 unspecified atom stereocenters.